The van der Waals surface area contributed by atoms with Crippen molar-refractivity contribution in [3.63, 3.8) is 0 Å². The molecular weight excluding hydrogens is 286 g/mol. The number of pyridine rings is 1. The topological polar surface area (TPSA) is 92.9 Å². The summed E-state index contributed by atoms with van der Waals surface area (Å²) in [4.78, 5) is 20.9. The van der Waals surface area contributed by atoms with Crippen molar-refractivity contribution in [1.82, 2.24) is 15.3 Å². The zero-order chi connectivity index (χ0) is 14.8. The summed E-state index contributed by atoms with van der Waals surface area (Å²) in [6.45, 7) is 2.42. The Kier molecular flexibility index (Phi) is 3.74. The van der Waals surface area contributed by atoms with E-state index in [-0.39, 0.29) is 11.7 Å². The second-order valence-electron chi connectivity index (χ2n) is 5.14. The maximum Gasteiger partial charge on any atom is 0.265 e. The summed E-state index contributed by atoms with van der Waals surface area (Å²) in [5.74, 6) is 0.0839. The predicted molar refractivity (Wildman–Crippen MR) is 83.3 cm³/mol. The van der Waals surface area contributed by atoms with E-state index in [1.807, 2.05) is 13.0 Å². The molecule has 0 atom stereocenters. The van der Waals surface area contributed by atoms with Gasteiger partial charge < -0.3 is 16.4 Å². The summed E-state index contributed by atoms with van der Waals surface area (Å²) in [5, 5.41) is 6.84. The predicted octanol–water partition coefficient (Wildman–Crippen LogP) is 1.93. The van der Waals surface area contributed by atoms with E-state index in [0.717, 1.165) is 29.1 Å². The van der Waals surface area contributed by atoms with Crippen LogP contribution in [0.25, 0.3) is 0 Å². The van der Waals surface area contributed by atoms with E-state index in [1.54, 1.807) is 12.4 Å². The van der Waals surface area contributed by atoms with Crippen LogP contribution in [-0.4, -0.2) is 21.9 Å². The summed E-state index contributed by atoms with van der Waals surface area (Å²) in [7, 11) is 0. The summed E-state index contributed by atoms with van der Waals surface area (Å²) < 4.78 is 0. The Hall–Kier alpha value is -2.15. The van der Waals surface area contributed by atoms with Crippen LogP contribution in [0.4, 0.5) is 10.9 Å². The lowest BCUT2D eigenvalue weighted by Gasteiger charge is -2.06. The van der Waals surface area contributed by atoms with Gasteiger partial charge in [0, 0.05) is 25.0 Å². The number of thiazole rings is 1. The highest BCUT2D eigenvalue weighted by atomic mass is 32.1. The maximum absolute atomic E-state index is 12.2. The fourth-order valence-corrected chi connectivity index (χ4v) is 2.77. The molecule has 0 spiro atoms. The molecule has 3 rings (SSSR count). The number of carbonyl (C=O) groups excluding carboxylic acids is 1. The number of aryl methyl sites for hydroxylation is 1. The van der Waals surface area contributed by atoms with Crippen LogP contribution >= 0.6 is 11.3 Å². The van der Waals surface area contributed by atoms with Crippen molar-refractivity contribution >= 4 is 28.2 Å². The Morgan fingerprint density at radius 2 is 2.33 bits per heavy atom. The molecule has 0 radical (unpaired) electrons. The summed E-state index contributed by atoms with van der Waals surface area (Å²) in [5.41, 5.74) is 7.91. The molecule has 2 aromatic heterocycles. The second kappa shape index (κ2) is 5.69. The number of nitrogens with two attached hydrogens (primary N) is 1. The minimum Gasteiger partial charge on any atom is -0.382 e. The molecule has 1 fully saturated rings. The zero-order valence-electron chi connectivity index (χ0n) is 11.7. The maximum atomic E-state index is 12.2. The van der Waals surface area contributed by atoms with Gasteiger partial charge in [-0.2, -0.15) is 0 Å². The molecule has 21 heavy (non-hydrogen) atoms. The fourth-order valence-electron chi connectivity index (χ4n) is 1.90. The number of amides is 1. The Labute approximate surface area is 126 Å². The number of nitrogens with one attached hydrogen (secondary N) is 2. The van der Waals surface area contributed by atoms with E-state index in [9.17, 15) is 4.79 Å². The zero-order valence-corrected chi connectivity index (χ0v) is 12.5. The fraction of sp³-hybridized carbons (Fsp3) is 0.357. The Bertz CT molecular complexity index is 665. The highest BCUT2D eigenvalue weighted by Gasteiger charge is 2.24. The molecular formula is C14H17N5OS. The first-order valence-electron chi connectivity index (χ1n) is 6.84. The minimum absolute atomic E-state index is 0.197. The van der Waals surface area contributed by atoms with Crippen molar-refractivity contribution in [2.75, 3.05) is 11.1 Å². The standard InChI is InChI=1S/C14H17N5OS/c1-8-4-5-16-6-9(8)7-17-13(20)11-12(15)19-14(21-11)18-10-2-3-10/h4-6,10H,2-3,7,15H2,1H3,(H,17,20)(H,18,19). The molecule has 1 amide bonds. The Morgan fingerprint density at radius 3 is 3.05 bits per heavy atom. The lowest BCUT2D eigenvalue weighted by molar-refractivity contribution is 0.0955. The molecule has 7 heteroatoms. The number of hydrogen-bond donors (Lipinski definition) is 3. The van der Waals surface area contributed by atoms with Gasteiger partial charge in [-0.05, 0) is 37.0 Å². The molecule has 0 bridgehead atoms. The van der Waals surface area contributed by atoms with Gasteiger partial charge in [0.25, 0.3) is 5.91 Å². The third-order valence-electron chi connectivity index (χ3n) is 3.35. The number of aromatic nitrogens is 2. The van der Waals surface area contributed by atoms with Crippen LogP contribution in [0.2, 0.25) is 0 Å². The van der Waals surface area contributed by atoms with E-state index in [1.165, 1.54) is 11.3 Å². The van der Waals surface area contributed by atoms with E-state index in [4.69, 9.17) is 5.73 Å². The molecule has 6 nitrogen and oxygen atoms in total. The summed E-state index contributed by atoms with van der Waals surface area (Å²) in [6, 6.07) is 2.41. The average Bonchev–Trinajstić information content (AvgIpc) is 3.19. The molecule has 4 N–H and O–H groups in total. The molecule has 0 unspecified atom stereocenters. The van der Waals surface area contributed by atoms with Crippen molar-refractivity contribution in [3.05, 3.63) is 34.5 Å². The number of rotatable bonds is 5. The van der Waals surface area contributed by atoms with Crippen molar-refractivity contribution in [1.29, 1.82) is 0 Å². The Morgan fingerprint density at radius 1 is 1.52 bits per heavy atom. The van der Waals surface area contributed by atoms with Crippen LogP contribution in [0.15, 0.2) is 18.5 Å². The SMILES string of the molecule is Cc1ccncc1CNC(=O)c1sc(NC2CC2)nc1N. The van der Waals surface area contributed by atoms with Gasteiger partial charge in [-0.1, -0.05) is 11.3 Å². The van der Waals surface area contributed by atoms with Gasteiger partial charge in [-0.15, -0.1) is 0 Å². The van der Waals surface area contributed by atoms with Crippen molar-refractivity contribution in [2.45, 2.75) is 32.4 Å². The van der Waals surface area contributed by atoms with E-state index in [2.05, 4.69) is 20.6 Å². The van der Waals surface area contributed by atoms with Crippen LogP contribution in [-0.2, 0) is 6.54 Å². The van der Waals surface area contributed by atoms with Crippen molar-refractivity contribution in [2.24, 2.45) is 0 Å². The van der Waals surface area contributed by atoms with Gasteiger partial charge in [0.2, 0.25) is 0 Å². The van der Waals surface area contributed by atoms with Gasteiger partial charge in [0.15, 0.2) is 5.13 Å². The van der Waals surface area contributed by atoms with Gasteiger partial charge in [-0.3, -0.25) is 9.78 Å². The minimum atomic E-state index is -0.197. The van der Waals surface area contributed by atoms with Crippen LogP contribution in [0.3, 0.4) is 0 Å². The largest absolute Gasteiger partial charge is 0.382 e. The van der Waals surface area contributed by atoms with Crippen LogP contribution in [0, 0.1) is 6.92 Å². The van der Waals surface area contributed by atoms with Crippen LogP contribution in [0.5, 0.6) is 0 Å². The van der Waals surface area contributed by atoms with E-state index >= 15 is 0 Å². The Balaban J connectivity index is 1.64. The van der Waals surface area contributed by atoms with Crippen LogP contribution < -0.4 is 16.4 Å². The first-order valence-corrected chi connectivity index (χ1v) is 7.65. The normalized spacial score (nSPS) is 14.0. The van der Waals surface area contributed by atoms with E-state index in [0.29, 0.717) is 17.5 Å². The van der Waals surface area contributed by atoms with Gasteiger partial charge in [0.1, 0.15) is 10.7 Å². The quantitative estimate of drug-likeness (QED) is 0.785. The number of anilines is 2. The summed E-state index contributed by atoms with van der Waals surface area (Å²) >= 11 is 1.30. The molecule has 2 heterocycles. The molecule has 0 saturated heterocycles. The van der Waals surface area contributed by atoms with Gasteiger partial charge in [-0.25, -0.2) is 4.98 Å². The monoisotopic (exact) mass is 303 g/mol. The smallest absolute Gasteiger partial charge is 0.265 e. The molecule has 0 aromatic carbocycles. The molecule has 0 aliphatic heterocycles. The third kappa shape index (κ3) is 3.30. The number of nitrogen functional groups attached to an aromatic ring is 1. The van der Waals surface area contributed by atoms with Crippen molar-refractivity contribution in [3.8, 4) is 0 Å². The average molecular weight is 303 g/mol. The molecule has 2 aromatic rings. The first-order chi connectivity index (χ1) is 10.1. The molecule has 110 valence electrons. The summed E-state index contributed by atoms with van der Waals surface area (Å²) in [6.07, 6.45) is 5.80. The van der Waals surface area contributed by atoms with Gasteiger partial charge in [0.05, 0.1) is 0 Å². The van der Waals surface area contributed by atoms with E-state index < -0.39 is 0 Å². The number of carbonyl (C=O) groups is 1. The second-order valence-corrected chi connectivity index (χ2v) is 6.14. The highest BCUT2D eigenvalue weighted by Crippen LogP contribution is 2.30. The van der Waals surface area contributed by atoms with Crippen molar-refractivity contribution < 1.29 is 4.79 Å². The molecule has 1 saturated carbocycles. The molecule has 1 aliphatic carbocycles. The number of nitrogens with zero attached hydrogens (tertiary/aromatic N) is 2. The lowest BCUT2D eigenvalue weighted by Crippen LogP contribution is -2.23. The lowest BCUT2D eigenvalue weighted by atomic mass is 10.1. The first kappa shape index (κ1) is 13.8. The molecule has 1 aliphatic rings. The third-order valence-corrected chi connectivity index (χ3v) is 4.35. The van der Waals surface area contributed by atoms with Gasteiger partial charge >= 0.3 is 0 Å². The number of hydrogen-bond acceptors (Lipinski definition) is 6. The highest BCUT2D eigenvalue weighted by molar-refractivity contribution is 7.18. The van der Waals surface area contributed by atoms with Crippen LogP contribution in [0.1, 0.15) is 33.6 Å².